The molecule has 1 saturated carbocycles. The average molecular weight is 197 g/mol. The highest BCUT2D eigenvalue weighted by atomic mass is 14.2. The Labute approximate surface area is 91.1 Å². The van der Waals surface area contributed by atoms with Crippen molar-refractivity contribution in [3.8, 4) is 6.07 Å². The lowest BCUT2D eigenvalue weighted by molar-refractivity contribution is 0.771. The van der Waals surface area contributed by atoms with Gasteiger partial charge in [-0.1, -0.05) is 23.8 Å². The molecule has 0 aromatic heterocycles. The van der Waals surface area contributed by atoms with Gasteiger partial charge in [0.15, 0.2) is 0 Å². The van der Waals surface area contributed by atoms with E-state index in [2.05, 4.69) is 31.2 Å². The molecule has 0 unspecified atom stereocenters. The molecule has 0 atom stereocenters. The molecule has 1 nitrogen and oxygen atoms in total. The number of rotatable bonds is 0. The summed E-state index contributed by atoms with van der Waals surface area (Å²) in [6.45, 7) is 2.13. The lowest BCUT2D eigenvalue weighted by atomic mass is 9.84. The SMILES string of the molecule is CC1=CCC=C2CCC/C(=C\C#N)C2=C1. The molecule has 0 spiro atoms. The van der Waals surface area contributed by atoms with Crippen LogP contribution in [0.2, 0.25) is 0 Å². The van der Waals surface area contributed by atoms with Gasteiger partial charge in [-0.2, -0.15) is 5.26 Å². The molecular weight excluding hydrogens is 182 g/mol. The largest absolute Gasteiger partial charge is 0.193 e. The number of allylic oxidation sites excluding steroid dienone is 8. The minimum atomic E-state index is 1.03. The molecule has 2 rings (SSSR count). The summed E-state index contributed by atoms with van der Waals surface area (Å²) < 4.78 is 0. The highest BCUT2D eigenvalue weighted by Gasteiger charge is 2.17. The van der Waals surface area contributed by atoms with Crippen molar-refractivity contribution in [2.75, 3.05) is 0 Å². The van der Waals surface area contributed by atoms with E-state index in [1.54, 1.807) is 6.08 Å². The molecule has 0 aliphatic heterocycles. The van der Waals surface area contributed by atoms with Crippen LogP contribution in [0.4, 0.5) is 0 Å². The van der Waals surface area contributed by atoms with Crippen LogP contribution in [-0.4, -0.2) is 0 Å². The van der Waals surface area contributed by atoms with Gasteiger partial charge >= 0.3 is 0 Å². The molecule has 76 valence electrons. The third-order valence-electron chi connectivity index (χ3n) is 3.00. The highest BCUT2D eigenvalue weighted by molar-refractivity contribution is 5.54. The predicted octanol–water partition coefficient (Wildman–Crippen LogP) is 3.82. The zero-order valence-corrected chi connectivity index (χ0v) is 9.09. The summed E-state index contributed by atoms with van der Waals surface area (Å²) in [5.74, 6) is 0. The minimum Gasteiger partial charge on any atom is -0.193 e. The molecule has 0 bridgehead atoms. The summed E-state index contributed by atoms with van der Waals surface area (Å²) in [6.07, 6.45) is 12.9. The van der Waals surface area contributed by atoms with E-state index in [1.165, 1.54) is 28.7 Å². The number of nitriles is 1. The zero-order chi connectivity index (χ0) is 10.7. The molecule has 1 fully saturated rings. The van der Waals surface area contributed by atoms with Crippen LogP contribution >= 0.6 is 0 Å². The first-order valence-electron chi connectivity index (χ1n) is 5.48. The first-order chi connectivity index (χ1) is 7.31. The average Bonchev–Trinajstić information content (AvgIpc) is 2.40. The second-order valence-electron chi connectivity index (χ2n) is 4.12. The second kappa shape index (κ2) is 4.31. The number of hydrogen-bond donors (Lipinski definition) is 0. The maximum absolute atomic E-state index is 8.76. The maximum Gasteiger partial charge on any atom is 0.0915 e. The van der Waals surface area contributed by atoms with Crippen molar-refractivity contribution in [2.24, 2.45) is 0 Å². The quantitative estimate of drug-likeness (QED) is 0.541. The standard InChI is InChI=1S/C14H15N/c1-11-4-2-5-12-6-3-7-13(8-9-15)14(12)10-11/h4-5,8,10H,2-3,6-7H2,1H3/b13-8+. The fourth-order valence-corrected chi connectivity index (χ4v) is 2.24. The summed E-state index contributed by atoms with van der Waals surface area (Å²) in [5.41, 5.74) is 5.25. The third kappa shape index (κ3) is 2.10. The molecule has 1 heteroatoms. The first kappa shape index (κ1) is 9.98. The van der Waals surface area contributed by atoms with Gasteiger partial charge in [0.1, 0.15) is 0 Å². The van der Waals surface area contributed by atoms with E-state index in [0.29, 0.717) is 0 Å². The van der Waals surface area contributed by atoms with Crippen molar-refractivity contribution in [3.63, 3.8) is 0 Å². The summed E-state index contributed by atoms with van der Waals surface area (Å²) in [4.78, 5) is 0. The number of nitrogens with zero attached hydrogens (tertiary/aromatic N) is 1. The fraction of sp³-hybridized carbons (Fsp3) is 0.357. The Morgan fingerprint density at radius 1 is 1.33 bits per heavy atom. The van der Waals surface area contributed by atoms with Gasteiger partial charge < -0.3 is 0 Å². The second-order valence-corrected chi connectivity index (χ2v) is 4.12. The fourth-order valence-electron chi connectivity index (χ4n) is 2.24. The van der Waals surface area contributed by atoms with Gasteiger partial charge in [0.2, 0.25) is 0 Å². The van der Waals surface area contributed by atoms with Crippen molar-refractivity contribution in [1.82, 2.24) is 0 Å². The summed E-state index contributed by atoms with van der Waals surface area (Å²) in [6, 6.07) is 2.16. The molecule has 0 aromatic rings. The Hall–Kier alpha value is -1.55. The van der Waals surface area contributed by atoms with E-state index in [0.717, 1.165) is 19.3 Å². The van der Waals surface area contributed by atoms with Crippen LogP contribution in [0.1, 0.15) is 32.6 Å². The maximum atomic E-state index is 8.76. The first-order valence-corrected chi connectivity index (χ1v) is 5.48. The highest BCUT2D eigenvalue weighted by Crippen LogP contribution is 2.35. The van der Waals surface area contributed by atoms with Crippen molar-refractivity contribution < 1.29 is 0 Å². The van der Waals surface area contributed by atoms with Gasteiger partial charge in [-0.25, -0.2) is 0 Å². The molecule has 0 aromatic carbocycles. The summed E-state index contributed by atoms with van der Waals surface area (Å²) in [7, 11) is 0. The zero-order valence-electron chi connectivity index (χ0n) is 9.09. The Balaban J connectivity index is 2.44. The van der Waals surface area contributed by atoms with E-state index in [4.69, 9.17) is 5.26 Å². The van der Waals surface area contributed by atoms with Crippen LogP contribution in [-0.2, 0) is 0 Å². The Morgan fingerprint density at radius 2 is 2.20 bits per heavy atom. The van der Waals surface area contributed by atoms with Crippen LogP contribution in [0.5, 0.6) is 0 Å². The van der Waals surface area contributed by atoms with E-state index in [9.17, 15) is 0 Å². The van der Waals surface area contributed by atoms with Gasteiger partial charge in [0.05, 0.1) is 6.07 Å². The van der Waals surface area contributed by atoms with E-state index >= 15 is 0 Å². The van der Waals surface area contributed by atoms with Gasteiger partial charge in [-0.15, -0.1) is 0 Å². The Bertz CT molecular complexity index is 425. The normalized spacial score (nSPS) is 23.2. The van der Waals surface area contributed by atoms with Crippen molar-refractivity contribution in [1.29, 1.82) is 5.26 Å². The van der Waals surface area contributed by atoms with Gasteiger partial charge in [-0.3, -0.25) is 0 Å². The monoisotopic (exact) mass is 197 g/mol. The number of fused-ring (bicyclic) bond motifs is 1. The van der Waals surface area contributed by atoms with Gasteiger partial charge in [0, 0.05) is 6.08 Å². The predicted molar refractivity (Wildman–Crippen MR) is 62.1 cm³/mol. The lowest BCUT2D eigenvalue weighted by Crippen LogP contribution is -2.02. The van der Waals surface area contributed by atoms with Crippen molar-refractivity contribution in [3.05, 3.63) is 46.6 Å². The van der Waals surface area contributed by atoms with Crippen LogP contribution in [0.15, 0.2) is 46.6 Å². The van der Waals surface area contributed by atoms with Crippen LogP contribution in [0.25, 0.3) is 0 Å². The molecule has 0 heterocycles. The van der Waals surface area contributed by atoms with Crippen LogP contribution < -0.4 is 0 Å². The Kier molecular flexibility index (Phi) is 2.87. The molecule has 0 N–H and O–H groups in total. The molecular formula is C14H15N. The van der Waals surface area contributed by atoms with E-state index in [1.807, 2.05) is 0 Å². The molecule has 2 aliphatic carbocycles. The topological polar surface area (TPSA) is 23.8 Å². The van der Waals surface area contributed by atoms with Crippen molar-refractivity contribution in [2.45, 2.75) is 32.6 Å². The summed E-state index contributed by atoms with van der Waals surface area (Å²) in [5, 5.41) is 8.76. The third-order valence-corrected chi connectivity index (χ3v) is 3.00. The molecule has 0 saturated heterocycles. The molecule has 2 aliphatic rings. The van der Waals surface area contributed by atoms with Crippen LogP contribution in [0, 0.1) is 11.3 Å². The summed E-state index contributed by atoms with van der Waals surface area (Å²) >= 11 is 0. The minimum absolute atomic E-state index is 1.03. The Morgan fingerprint density at radius 3 is 3.00 bits per heavy atom. The molecule has 0 radical (unpaired) electrons. The molecule has 0 amide bonds. The smallest absolute Gasteiger partial charge is 0.0915 e. The van der Waals surface area contributed by atoms with Crippen molar-refractivity contribution >= 4 is 0 Å². The lowest BCUT2D eigenvalue weighted by Gasteiger charge is -2.20. The number of hydrogen-bond acceptors (Lipinski definition) is 1. The van der Waals surface area contributed by atoms with Gasteiger partial charge in [-0.05, 0) is 49.3 Å². The van der Waals surface area contributed by atoms with Gasteiger partial charge in [0.25, 0.3) is 0 Å². The van der Waals surface area contributed by atoms with Crippen LogP contribution in [0.3, 0.4) is 0 Å². The van der Waals surface area contributed by atoms with E-state index in [-0.39, 0.29) is 0 Å². The van der Waals surface area contributed by atoms with E-state index < -0.39 is 0 Å². The molecule has 15 heavy (non-hydrogen) atoms.